The zero-order chi connectivity index (χ0) is 60.9. The van der Waals surface area contributed by atoms with Gasteiger partial charge in [0.1, 0.15) is 54.1 Å². The van der Waals surface area contributed by atoms with Crippen LogP contribution in [0.1, 0.15) is 120 Å². The Balaban J connectivity index is 0.966. The van der Waals surface area contributed by atoms with Crippen molar-refractivity contribution in [3.63, 3.8) is 0 Å². The van der Waals surface area contributed by atoms with Crippen LogP contribution in [-0.2, 0) is 59.9 Å². The van der Waals surface area contributed by atoms with Gasteiger partial charge in [-0.05, 0) is 124 Å². The Kier molecular flexibility index (Phi) is 19.9. The molecule has 18 heteroatoms. The zero-order valence-corrected chi connectivity index (χ0v) is 49.0. The monoisotopic (exact) mass is 1150 g/mol. The highest BCUT2D eigenvalue weighted by atomic mass is 16.6. The largest absolute Gasteiger partial charge is 0.460 e. The Morgan fingerprint density at radius 1 is 0.588 bits per heavy atom. The van der Waals surface area contributed by atoms with Crippen molar-refractivity contribution in [3.05, 3.63) is 197 Å². The highest BCUT2D eigenvalue weighted by Crippen LogP contribution is 2.44. The summed E-state index contributed by atoms with van der Waals surface area (Å²) in [5.41, 5.74) is 4.18. The summed E-state index contributed by atoms with van der Waals surface area (Å²) in [5.74, 6) is -4.40. The van der Waals surface area contributed by atoms with Crippen molar-refractivity contribution in [3.8, 4) is 11.1 Å². The first-order valence-corrected chi connectivity index (χ1v) is 28.6. The molecule has 0 saturated carbocycles. The first-order valence-electron chi connectivity index (χ1n) is 28.6. The van der Waals surface area contributed by atoms with Gasteiger partial charge in [-0.2, -0.15) is 0 Å². The van der Waals surface area contributed by atoms with Crippen LogP contribution >= 0.6 is 0 Å². The molecule has 1 fully saturated rings. The van der Waals surface area contributed by atoms with E-state index in [0.717, 1.165) is 38.9 Å². The molecule has 85 heavy (non-hydrogen) atoms. The van der Waals surface area contributed by atoms with E-state index in [1.165, 1.54) is 11.8 Å². The number of hydrogen-bond donors (Lipinski definition) is 5. The Labute approximate surface area is 495 Å². The minimum atomic E-state index is -1.51. The number of nitrogens with zero attached hydrogens (tertiary/aromatic N) is 1. The van der Waals surface area contributed by atoms with Crippen LogP contribution in [0.5, 0.6) is 0 Å². The van der Waals surface area contributed by atoms with E-state index in [-0.39, 0.29) is 44.2 Å². The molecule has 6 aromatic rings. The van der Waals surface area contributed by atoms with E-state index in [1.54, 1.807) is 65.8 Å². The fourth-order valence-corrected chi connectivity index (χ4v) is 10.5. The molecule has 0 bridgehead atoms. The lowest BCUT2D eigenvalue weighted by molar-refractivity contribution is -0.155. The number of alkyl carbamates (subject to hydrolysis) is 1. The van der Waals surface area contributed by atoms with Gasteiger partial charge in [-0.25, -0.2) is 14.4 Å². The predicted octanol–water partition coefficient (Wildman–Crippen LogP) is 9.58. The van der Waals surface area contributed by atoms with Gasteiger partial charge in [0.2, 0.25) is 23.6 Å². The van der Waals surface area contributed by atoms with Gasteiger partial charge in [-0.3, -0.25) is 28.9 Å². The normalized spacial score (nSPS) is 14.9. The zero-order valence-electron chi connectivity index (χ0n) is 49.0. The molecule has 4 atom stereocenters. The van der Waals surface area contributed by atoms with Gasteiger partial charge in [-0.15, -0.1) is 0 Å². The Bertz CT molecular complexity index is 3200. The summed E-state index contributed by atoms with van der Waals surface area (Å²) < 4.78 is 22.4. The summed E-state index contributed by atoms with van der Waals surface area (Å²) in [6.45, 7) is 11.8. The second kappa shape index (κ2) is 27.4. The molecule has 1 heterocycles. The first kappa shape index (κ1) is 61.7. The molecule has 6 amide bonds. The molecule has 0 spiro atoms. The minimum absolute atomic E-state index is 0.0101. The van der Waals surface area contributed by atoms with Gasteiger partial charge in [0.15, 0.2) is 0 Å². The van der Waals surface area contributed by atoms with Crippen LogP contribution in [0.25, 0.3) is 11.1 Å². The Hall–Kier alpha value is -9.32. The van der Waals surface area contributed by atoms with Crippen molar-refractivity contribution in [2.24, 2.45) is 0 Å². The number of likely N-dealkylation sites (tertiary alicyclic amines) is 1. The van der Waals surface area contributed by atoms with Gasteiger partial charge < -0.3 is 45.5 Å². The van der Waals surface area contributed by atoms with Crippen molar-refractivity contribution in [1.82, 2.24) is 26.2 Å². The van der Waals surface area contributed by atoms with Gasteiger partial charge in [0.05, 0.1) is 6.42 Å². The predicted molar refractivity (Wildman–Crippen MR) is 319 cm³/mol. The van der Waals surface area contributed by atoms with Crippen molar-refractivity contribution < 1.29 is 57.3 Å². The van der Waals surface area contributed by atoms with Crippen molar-refractivity contribution >= 4 is 53.4 Å². The molecule has 0 unspecified atom stereocenters. The number of fused-ring (bicyclic) bond motifs is 3. The van der Waals surface area contributed by atoms with Crippen LogP contribution < -0.4 is 26.6 Å². The molecule has 444 valence electrons. The van der Waals surface area contributed by atoms with E-state index in [2.05, 4.69) is 26.6 Å². The quantitative estimate of drug-likeness (QED) is 0.0257. The van der Waals surface area contributed by atoms with Crippen LogP contribution in [-0.4, -0.2) is 101 Å². The van der Waals surface area contributed by atoms with E-state index in [9.17, 15) is 38.4 Å². The van der Waals surface area contributed by atoms with E-state index in [0.29, 0.717) is 18.4 Å². The molecule has 0 aromatic heterocycles. The number of anilines is 1. The standard InChI is InChI=1S/C67H74N6O12/c1-43(68-61(78)56-32-21-39-73(56)64(81)85-66(5,6)7)59(76)70-55(40-57(74)72-67(45-22-11-8-12-23-45,46-24-13-9-14-25-46)47-26-15-10-16-27-47)60(77)69-48-35-33-44(34-36-48)41-82-62(79)54(37-38-58(75)84-65(2,3)4)71-63(80)83-42-53-51-30-19-17-28-49(51)50-29-18-20-31-52(50)53/h8-20,22-31,33-36,43,53-56H,21,32,37-42H2,1-7H3,(H,68,78)(H,69,77)(H,70,76)(H,71,80)(H,72,74)/t43-,54-,55-,56-/m0/s1. The second-order valence-electron chi connectivity index (χ2n) is 23.2. The maximum Gasteiger partial charge on any atom is 0.410 e. The third kappa shape index (κ3) is 16.1. The first-order chi connectivity index (χ1) is 40.6. The summed E-state index contributed by atoms with van der Waals surface area (Å²) >= 11 is 0. The van der Waals surface area contributed by atoms with Crippen LogP contribution in [0.15, 0.2) is 164 Å². The van der Waals surface area contributed by atoms with Crippen LogP contribution in [0.3, 0.4) is 0 Å². The summed E-state index contributed by atoms with van der Waals surface area (Å²) in [4.78, 5) is 112. The SMILES string of the molecule is C[C@H](NC(=O)[C@@H]1CCCN1C(=O)OC(C)(C)C)C(=O)N[C@@H](CC(=O)NC(c1ccccc1)(c1ccccc1)c1ccccc1)C(=O)Nc1ccc(COC(=O)[C@H](CCC(=O)OC(C)(C)C)NC(=O)OCC2c3ccccc3-c3ccccc32)cc1. The molecule has 8 rings (SSSR count). The Morgan fingerprint density at radius 2 is 1.12 bits per heavy atom. The average Bonchev–Trinajstić information content (AvgIpc) is 2.07. The van der Waals surface area contributed by atoms with E-state index >= 15 is 0 Å². The number of carbonyl (C=O) groups is 8. The third-order valence-electron chi connectivity index (χ3n) is 14.5. The summed E-state index contributed by atoms with van der Waals surface area (Å²) in [6.07, 6.45) is -1.57. The van der Waals surface area contributed by atoms with Crippen LogP contribution in [0.4, 0.5) is 15.3 Å². The molecular formula is C67H74N6O12. The number of ether oxygens (including phenoxy) is 4. The lowest BCUT2D eigenvalue weighted by Gasteiger charge is -2.37. The van der Waals surface area contributed by atoms with Crippen molar-refractivity contribution in [2.45, 2.75) is 134 Å². The van der Waals surface area contributed by atoms with E-state index in [4.69, 9.17) is 18.9 Å². The van der Waals surface area contributed by atoms with Crippen LogP contribution in [0, 0.1) is 0 Å². The Morgan fingerprint density at radius 3 is 1.66 bits per heavy atom. The summed E-state index contributed by atoms with van der Waals surface area (Å²) in [6, 6.07) is 45.2. The van der Waals surface area contributed by atoms with Gasteiger partial charge in [-0.1, -0.05) is 152 Å². The molecule has 0 radical (unpaired) electrons. The fourth-order valence-electron chi connectivity index (χ4n) is 10.5. The highest BCUT2D eigenvalue weighted by Gasteiger charge is 2.41. The molecule has 1 saturated heterocycles. The van der Waals surface area contributed by atoms with E-state index in [1.807, 2.05) is 140 Å². The lowest BCUT2D eigenvalue weighted by atomic mass is 9.77. The third-order valence-corrected chi connectivity index (χ3v) is 14.5. The number of amides is 6. The fraction of sp³-hybridized carbons (Fsp3) is 0.343. The minimum Gasteiger partial charge on any atom is -0.460 e. The average molecular weight is 1160 g/mol. The lowest BCUT2D eigenvalue weighted by Crippen LogP contribution is -2.56. The van der Waals surface area contributed by atoms with Gasteiger partial charge in [0.25, 0.3) is 0 Å². The number of hydrogen-bond acceptors (Lipinski definition) is 12. The number of benzene rings is 6. The summed E-state index contributed by atoms with van der Waals surface area (Å²) in [5, 5.41) is 14.0. The number of nitrogens with one attached hydrogen (secondary N) is 5. The van der Waals surface area contributed by atoms with Gasteiger partial charge >= 0.3 is 24.1 Å². The van der Waals surface area contributed by atoms with E-state index < -0.39 is 95.1 Å². The van der Waals surface area contributed by atoms with Crippen molar-refractivity contribution in [1.29, 1.82) is 0 Å². The molecule has 6 aromatic carbocycles. The maximum atomic E-state index is 14.8. The second-order valence-corrected chi connectivity index (χ2v) is 23.2. The summed E-state index contributed by atoms with van der Waals surface area (Å²) in [7, 11) is 0. The van der Waals surface area contributed by atoms with Crippen LogP contribution in [0.2, 0.25) is 0 Å². The maximum absolute atomic E-state index is 14.8. The smallest absolute Gasteiger partial charge is 0.410 e. The number of carbonyl (C=O) groups excluding carboxylic acids is 8. The number of esters is 2. The molecule has 5 N–H and O–H groups in total. The molecule has 1 aliphatic heterocycles. The topological polar surface area (TPSA) is 237 Å². The molecule has 1 aliphatic carbocycles. The number of rotatable bonds is 21. The molecule has 18 nitrogen and oxygen atoms in total. The highest BCUT2D eigenvalue weighted by molar-refractivity contribution is 6.01. The molecular weight excluding hydrogens is 1080 g/mol. The van der Waals surface area contributed by atoms with Gasteiger partial charge in [0, 0.05) is 24.6 Å². The molecule has 2 aliphatic rings. The van der Waals surface area contributed by atoms with Crippen molar-refractivity contribution in [2.75, 3.05) is 18.5 Å².